The number of rotatable bonds is 3. The molecule has 0 radical (unpaired) electrons. The van der Waals surface area contributed by atoms with Gasteiger partial charge in [-0.05, 0) is 24.1 Å². The second kappa shape index (κ2) is 4.57. The Hall–Kier alpha value is -2.17. The van der Waals surface area contributed by atoms with E-state index >= 15 is 0 Å². The van der Waals surface area contributed by atoms with Gasteiger partial charge in [0.05, 0.1) is 6.20 Å². The molecule has 1 aromatic heterocycles. The number of hydrogen-bond acceptors (Lipinski definition) is 4. The van der Waals surface area contributed by atoms with Crippen LogP contribution in [-0.2, 0) is 6.42 Å². The Morgan fingerprint density at radius 3 is 2.69 bits per heavy atom. The predicted molar refractivity (Wildman–Crippen MR) is 61.8 cm³/mol. The molecule has 82 valence electrons. The standard InChI is InChI=1S/C11H12N4O/c1-2-8-3-5-9(6-4-8)13-10-7-12-15-11(16)14-10/h3-7H,2H2,1H3,(H2,13,14,15,16). The van der Waals surface area contributed by atoms with Crippen molar-refractivity contribution in [1.29, 1.82) is 0 Å². The van der Waals surface area contributed by atoms with Crippen molar-refractivity contribution >= 4 is 11.5 Å². The topological polar surface area (TPSA) is 70.7 Å². The maximum Gasteiger partial charge on any atom is 0.363 e. The van der Waals surface area contributed by atoms with Crippen molar-refractivity contribution in [3.63, 3.8) is 0 Å². The molecule has 0 aliphatic rings. The fourth-order valence-electron chi connectivity index (χ4n) is 1.34. The maximum absolute atomic E-state index is 10.9. The number of hydrogen-bond donors (Lipinski definition) is 2. The van der Waals surface area contributed by atoms with E-state index in [0.29, 0.717) is 5.82 Å². The highest BCUT2D eigenvalue weighted by Gasteiger charge is 1.97. The third kappa shape index (κ3) is 2.44. The van der Waals surface area contributed by atoms with E-state index in [-0.39, 0.29) is 0 Å². The van der Waals surface area contributed by atoms with Gasteiger partial charge in [0.2, 0.25) is 0 Å². The van der Waals surface area contributed by atoms with Crippen LogP contribution < -0.4 is 11.0 Å². The SMILES string of the molecule is CCc1ccc(Nc2cn[nH]c(=O)n2)cc1. The summed E-state index contributed by atoms with van der Waals surface area (Å²) < 4.78 is 0. The molecule has 0 unspecified atom stereocenters. The zero-order valence-electron chi connectivity index (χ0n) is 8.90. The highest BCUT2D eigenvalue weighted by molar-refractivity contribution is 5.55. The number of aromatic amines is 1. The number of nitrogens with one attached hydrogen (secondary N) is 2. The van der Waals surface area contributed by atoms with E-state index in [1.54, 1.807) is 0 Å². The zero-order valence-corrected chi connectivity index (χ0v) is 8.90. The number of benzene rings is 1. The molecule has 0 bridgehead atoms. The lowest BCUT2D eigenvalue weighted by molar-refractivity contribution is 0.918. The van der Waals surface area contributed by atoms with Crippen LogP contribution in [0.1, 0.15) is 12.5 Å². The summed E-state index contributed by atoms with van der Waals surface area (Å²) >= 11 is 0. The number of anilines is 2. The van der Waals surface area contributed by atoms with Crippen molar-refractivity contribution in [3.05, 3.63) is 46.5 Å². The Balaban J connectivity index is 2.17. The fourth-order valence-corrected chi connectivity index (χ4v) is 1.34. The molecule has 0 saturated heterocycles. The highest BCUT2D eigenvalue weighted by Crippen LogP contribution is 2.13. The van der Waals surface area contributed by atoms with Crippen LogP contribution in [0.2, 0.25) is 0 Å². The summed E-state index contributed by atoms with van der Waals surface area (Å²) in [7, 11) is 0. The average molecular weight is 216 g/mol. The molecular formula is C11H12N4O. The second-order valence-corrected chi connectivity index (χ2v) is 3.35. The minimum absolute atomic E-state index is 0.438. The number of aromatic nitrogens is 3. The van der Waals surface area contributed by atoms with Gasteiger partial charge in [-0.3, -0.25) is 0 Å². The average Bonchev–Trinajstić information content (AvgIpc) is 2.30. The Morgan fingerprint density at radius 2 is 2.06 bits per heavy atom. The van der Waals surface area contributed by atoms with Crippen molar-refractivity contribution in [2.75, 3.05) is 5.32 Å². The lowest BCUT2D eigenvalue weighted by Crippen LogP contribution is -2.13. The fraction of sp³-hybridized carbons (Fsp3) is 0.182. The monoisotopic (exact) mass is 216 g/mol. The molecule has 5 heteroatoms. The van der Waals surface area contributed by atoms with Crippen LogP contribution in [0.25, 0.3) is 0 Å². The summed E-state index contributed by atoms with van der Waals surface area (Å²) in [6.07, 6.45) is 2.47. The minimum Gasteiger partial charge on any atom is -0.339 e. The van der Waals surface area contributed by atoms with Gasteiger partial charge in [-0.15, -0.1) is 0 Å². The molecular weight excluding hydrogens is 204 g/mol. The van der Waals surface area contributed by atoms with Crippen molar-refractivity contribution < 1.29 is 0 Å². The summed E-state index contributed by atoms with van der Waals surface area (Å²) in [6, 6.07) is 7.95. The molecule has 2 rings (SSSR count). The summed E-state index contributed by atoms with van der Waals surface area (Å²) in [5.41, 5.74) is 1.69. The third-order valence-corrected chi connectivity index (χ3v) is 2.20. The Bertz CT molecular complexity index is 518. The van der Waals surface area contributed by atoms with Crippen molar-refractivity contribution in [3.8, 4) is 0 Å². The van der Waals surface area contributed by atoms with E-state index in [4.69, 9.17) is 0 Å². The van der Waals surface area contributed by atoms with E-state index < -0.39 is 5.69 Å². The van der Waals surface area contributed by atoms with Crippen LogP contribution >= 0.6 is 0 Å². The first-order valence-corrected chi connectivity index (χ1v) is 5.05. The van der Waals surface area contributed by atoms with E-state index in [2.05, 4.69) is 27.4 Å². The van der Waals surface area contributed by atoms with E-state index in [1.165, 1.54) is 11.8 Å². The lowest BCUT2D eigenvalue weighted by Gasteiger charge is -2.04. The van der Waals surface area contributed by atoms with E-state index in [0.717, 1.165) is 12.1 Å². The molecule has 2 N–H and O–H groups in total. The smallest absolute Gasteiger partial charge is 0.339 e. The Kier molecular flexibility index (Phi) is 2.95. The van der Waals surface area contributed by atoms with Gasteiger partial charge < -0.3 is 5.32 Å². The summed E-state index contributed by atoms with van der Waals surface area (Å²) in [5.74, 6) is 0.438. The molecule has 2 aromatic rings. The number of H-pyrrole nitrogens is 1. The van der Waals surface area contributed by atoms with Gasteiger partial charge in [0.25, 0.3) is 0 Å². The van der Waals surface area contributed by atoms with Gasteiger partial charge in [0.15, 0.2) is 5.82 Å². The van der Waals surface area contributed by atoms with E-state index in [1.807, 2.05) is 24.3 Å². The molecule has 0 aliphatic carbocycles. The lowest BCUT2D eigenvalue weighted by atomic mass is 10.1. The van der Waals surface area contributed by atoms with Crippen LogP contribution in [0.5, 0.6) is 0 Å². The molecule has 0 fully saturated rings. The van der Waals surface area contributed by atoms with Crippen LogP contribution in [-0.4, -0.2) is 15.2 Å². The molecule has 0 saturated carbocycles. The zero-order chi connectivity index (χ0) is 11.4. The molecule has 16 heavy (non-hydrogen) atoms. The first kappa shape index (κ1) is 10.4. The van der Waals surface area contributed by atoms with Gasteiger partial charge in [-0.1, -0.05) is 19.1 Å². The maximum atomic E-state index is 10.9. The van der Waals surface area contributed by atoms with Crippen LogP contribution in [0.15, 0.2) is 35.3 Å². The van der Waals surface area contributed by atoms with E-state index in [9.17, 15) is 4.79 Å². The van der Waals surface area contributed by atoms with Gasteiger partial charge in [-0.2, -0.15) is 10.1 Å². The molecule has 1 aromatic carbocycles. The summed E-state index contributed by atoms with van der Waals surface area (Å²) in [6.45, 7) is 2.10. The quantitative estimate of drug-likeness (QED) is 0.815. The molecule has 0 aliphatic heterocycles. The Labute approximate surface area is 92.6 Å². The molecule has 0 atom stereocenters. The first-order valence-electron chi connectivity index (χ1n) is 5.05. The van der Waals surface area contributed by atoms with Crippen LogP contribution in [0.4, 0.5) is 11.5 Å². The predicted octanol–water partition coefficient (Wildman–Crippen LogP) is 1.47. The third-order valence-electron chi connectivity index (χ3n) is 2.20. The van der Waals surface area contributed by atoms with Gasteiger partial charge in [0, 0.05) is 5.69 Å². The number of aryl methyl sites for hydroxylation is 1. The van der Waals surface area contributed by atoms with Gasteiger partial charge in [0.1, 0.15) is 0 Å². The molecule has 0 spiro atoms. The molecule has 0 amide bonds. The van der Waals surface area contributed by atoms with Crippen LogP contribution in [0, 0.1) is 0 Å². The van der Waals surface area contributed by atoms with Crippen molar-refractivity contribution in [2.45, 2.75) is 13.3 Å². The summed E-state index contributed by atoms with van der Waals surface area (Å²) in [5, 5.41) is 8.87. The number of nitrogens with zero attached hydrogens (tertiary/aromatic N) is 2. The second-order valence-electron chi connectivity index (χ2n) is 3.35. The first-order chi connectivity index (χ1) is 7.78. The largest absolute Gasteiger partial charge is 0.363 e. The van der Waals surface area contributed by atoms with Gasteiger partial charge >= 0.3 is 5.69 Å². The molecule has 5 nitrogen and oxygen atoms in total. The van der Waals surface area contributed by atoms with Crippen LogP contribution in [0.3, 0.4) is 0 Å². The Morgan fingerprint density at radius 1 is 1.31 bits per heavy atom. The highest BCUT2D eigenvalue weighted by atomic mass is 16.1. The van der Waals surface area contributed by atoms with Gasteiger partial charge in [-0.25, -0.2) is 9.89 Å². The summed E-state index contributed by atoms with van der Waals surface area (Å²) in [4.78, 5) is 14.6. The minimum atomic E-state index is -0.463. The molecule has 1 heterocycles. The van der Waals surface area contributed by atoms with Crippen molar-refractivity contribution in [1.82, 2.24) is 15.2 Å². The normalized spacial score (nSPS) is 10.1. The van der Waals surface area contributed by atoms with Crippen molar-refractivity contribution in [2.24, 2.45) is 0 Å².